The van der Waals surface area contributed by atoms with Gasteiger partial charge in [0, 0.05) is 38.8 Å². The van der Waals surface area contributed by atoms with E-state index in [4.69, 9.17) is 0 Å². The number of carbonyl (C=O) groups excluding carboxylic acids is 1. The molecule has 0 aromatic heterocycles. The van der Waals surface area contributed by atoms with Crippen LogP contribution < -0.4 is 5.32 Å². The van der Waals surface area contributed by atoms with Gasteiger partial charge in [0.2, 0.25) is 5.91 Å². The van der Waals surface area contributed by atoms with E-state index in [0.717, 1.165) is 43.9 Å². The Labute approximate surface area is 181 Å². The average molecular weight is 406 g/mol. The van der Waals surface area contributed by atoms with Crippen LogP contribution in [0.25, 0.3) is 6.08 Å². The Morgan fingerprint density at radius 2 is 1.63 bits per heavy atom. The third-order valence-electron chi connectivity index (χ3n) is 5.76. The average Bonchev–Trinajstić information content (AvgIpc) is 2.73. The number of amides is 1. The Balaban J connectivity index is 1.64. The van der Waals surface area contributed by atoms with E-state index in [0.29, 0.717) is 0 Å². The largest absolute Gasteiger partial charge is 0.344 e. The van der Waals surface area contributed by atoms with Gasteiger partial charge in [0.15, 0.2) is 0 Å². The molecule has 160 valence electrons. The molecule has 4 nitrogen and oxygen atoms in total. The van der Waals surface area contributed by atoms with Crippen molar-refractivity contribution in [2.75, 3.05) is 39.8 Å². The lowest BCUT2D eigenvalue weighted by Gasteiger charge is -2.34. The maximum absolute atomic E-state index is 12.7. The third kappa shape index (κ3) is 6.54. The van der Waals surface area contributed by atoms with Crippen LogP contribution in [0, 0.1) is 0 Å². The van der Waals surface area contributed by atoms with E-state index >= 15 is 0 Å². The van der Waals surface area contributed by atoms with Gasteiger partial charge in [-0.05, 0) is 35.2 Å². The summed E-state index contributed by atoms with van der Waals surface area (Å²) in [7, 11) is 2.16. The van der Waals surface area contributed by atoms with Crippen molar-refractivity contribution in [3.63, 3.8) is 0 Å². The zero-order valence-electron chi connectivity index (χ0n) is 18.8. The highest BCUT2D eigenvalue weighted by molar-refractivity contribution is 5.92. The monoisotopic (exact) mass is 405 g/mol. The quantitative estimate of drug-likeness (QED) is 0.735. The molecule has 1 amide bonds. The number of nitrogens with one attached hydrogen (secondary N) is 1. The van der Waals surface area contributed by atoms with Gasteiger partial charge in [0.25, 0.3) is 0 Å². The van der Waals surface area contributed by atoms with Crippen LogP contribution in [0.15, 0.2) is 60.7 Å². The van der Waals surface area contributed by atoms with Gasteiger partial charge in [-0.25, -0.2) is 0 Å². The standard InChI is InChI=1S/C26H35N3O/c1-26(2,3)23-13-10-21(11-14-23)12-15-25(30)27-24(22-8-6-5-7-9-22)20-29-18-16-28(4)17-19-29/h5-15,24H,16-20H2,1-4H3,(H,27,30)/b15-12+. The number of nitrogens with zero attached hydrogens (tertiary/aromatic N) is 2. The van der Waals surface area contributed by atoms with Gasteiger partial charge in [-0.15, -0.1) is 0 Å². The van der Waals surface area contributed by atoms with Gasteiger partial charge in [-0.3, -0.25) is 9.69 Å². The van der Waals surface area contributed by atoms with Crippen LogP contribution in [0.2, 0.25) is 0 Å². The van der Waals surface area contributed by atoms with Crippen molar-refractivity contribution in [2.45, 2.75) is 32.2 Å². The SMILES string of the molecule is CN1CCN(CC(NC(=O)/C=C/c2ccc(C(C)(C)C)cc2)c2ccccc2)CC1. The summed E-state index contributed by atoms with van der Waals surface area (Å²) in [5.74, 6) is -0.0575. The number of likely N-dealkylation sites (N-methyl/N-ethyl adjacent to an activating group) is 1. The van der Waals surface area contributed by atoms with Crippen LogP contribution in [0.5, 0.6) is 0 Å². The normalized spacial score (nSPS) is 17.2. The van der Waals surface area contributed by atoms with Crippen LogP contribution in [0.1, 0.15) is 43.5 Å². The molecule has 30 heavy (non-hydrogen) atoms. The molecule has 1 aliphatic heterocycles. The molecule has 0 spiro atoms. The smallest absolute Gasteiger partial charge is 0.244 e. The molecule has 0 aliphatic carbocycles. The van der Waals surface area contributed by atoms with Gasteiger partial charge in [0.05, 0.1) is 6.04 Å². The Bertz CT molecular complexity index is 829. The minimum Gasteiger partial charge on any atom is -0.344 e. The highest BCUT2D eigenvalue weighted by Crippen LogP contribution is 2.22. The lowest BCUT2D eigenvalue weighted by Crippen LogP contribution is -2.47. The van der Waals surface area contributed by atoms with Crippen molar-refractivity contribution in [1.29, 1.82) is 0 Å². The Morgan fingerprint density at radius 3 is 2.23 bits per heavy atom. The molecule has 2 aromatic carbocycles. The molecule has 3 rings (SSSR count). The minimum absolute atomic E-state index is 0.0185. The van der Waals surface area contributed by atoms with Gasteiger partial charge in [0.1, 0.15) is 0 Å². The van der Waals surface area contributed by atoms with E-state index in [1.807, 2.05) is 24.3 Å². The maximum atomic E-state index is 12.7. The molecular formula is C26H35N3O. The van der Waals surface area contributed by atoms with Crippen molar-refractivity contribution in [3.8, 4) is 0 Å². The third-order valence-corrected chi connectivity index (χ3v) is 5.76. The molecule has 0 bridgehead atoms. The summed E-state index contributed by atoms with van der Waals surface area (Å²) in [5.41, 5.74) is 3.60. The summed E-state index contributed by atoms with van der Waals surface area (Å²) < 4.78 is 0. The maximum Gasteiger partial charge on any atom is 0.244 e. The predicted molar refractivity (Wildman–Crippen MR) is 125 cm³/mol. The van der Waals surface area contributed by atoms with Crippen molar-refractivity contribution in [3.05, 3.63) is 77.4 Å². The fraction of sp³-hybridized carbons (Fsp3) is 0.423. The molecule has 1 heterocycles. The molecule has 1 unspecified atom stereocenters. The highest BCUT2D eigenvalue weighted by Gasteiger charge is 2.20. The summed E-state index contributed by atoms with van der Waals surface area (Å²) in [6.45, 7) is 11.6. The first-order chi connectivity index (χ1) is 14.3. The fourth-order valence-corrected chi connectivity index (χ4v) is 3.69. The molecule has 1 N–H and O–H groups in total. The molecule has 0 saturated carbocycles. The molecule has 1 atom stereocenters. The summed E-state index contributed by atoms with van der Waals surface area (Å²) in [4.78, 5) is 17.5. The zero-order chi connectivity index (χ0) is 21.6. The summed E-state index contributed by atoms with van der Waals surface area (Å²) in [5, 5.41) is 3.22. The van der Waals surface area contributed by atoms with Crippen LogP contribution in [0.4, 0.5) is 0 Å². The predicted octanol–water partition coefficient (Wildman–Crippen LogP) is 4.10. The molecule has 0 radical (unpaired) electrons. The van der Waals surface area contributed by atoms with Crippen molar-refractivity contribution >= 4 is 12.0 Å². The van der Waals surface area contributed by atoms with Crippen molar-refractivity contribution < 1.29 is 4.79 Å². The second-order valence-corrected chi connectivity index (χ2v) is 9.28. The van der Waals surface area contributed by atoms with Gasteiger partial charge in [-0.1, -0.05) is 75.4 Å². The van der Waals surface area contributed by atoms with E-state index in [9.17, 15) is 4.79 Å². The minimum atomic E-state index is -0.0575. The van der Waals surface area contributed by atoms with E-state index < -0.39 is 0 Å². The Kier molecular flexibility index (Phi) is 7.46. The second-order valence-electron chi connectivity index (χ2n) is 9.28. The lowest BCUT2D eigenvalue weighted by atomic mass is 9.87. The highest BCUT2D eigenvalue weighted by atomic mass is 16.1. The Hall–Kier alpha value is -2.43. The topological polar surface area (TPSA) is 35.6 Å². The number of benzene rings is 2. The number of hydrogen-bond donors (Lipinski definition) is 1. The first-order valence-electron chi connectivity index (χ1n) is 10.9. The summed E-state index contributed by atoms with van der Waals surface area (Å²) in [6, 6.07) is 18.7. The van der Waals surface area contributed by atoms with Crippen LogP contribution >= 0.6 is 0 Å². The molecule has 1 fully saturated rings. The Morgan fingerprint density at radius 1 is 1.00 bits per heavy atom. The zero-order valence-corrected chi connectivity index (χ0v) is 18.8. The number of piperazine rings is 1. The number of carbonyl (C=O) groups is 1. The van der Waals surface area contributed by atoms with Crippen LogP contribution in [-0.4, -0.2) is 55.5 Å². The lowest BCUT2D eigenvalue weighted by molar-refractivity contribution is -0.117. The van der Waals surface area contributed by atoms with Gasteiger partial charge < -0.3 is 10.2 Å². The second kappa shape index (κ2) is 10.1. The molecule has 1 saturated heterocycles. The van der Waals surface area contributed by atoms with Crippen LogP contribution in [-0.2, 0) is 10.2 Å². The molecule has 2 aromatic rings. The van der Waals surface area contributed by atoms with E-state index in [1.54, 1.807) is 6.08 Å². The summed E-state index contributed by atoms with van der Waals surface area (Å²) >= 11 is 0. The first-order valence-corrected chi connectivity index (χ1v) is 10.9. The fourth-order valence-electron chi connectivity index (χ4n) is 3.69. The molecular weight excluding hydrogens is 370 g/mol. The first kappa shape index (κ1) is 22.3. The summed E-state index contributed by atoms with van der Waals surface area (Å²) in [6.07, 6.45) is 3.53. The number of rotatable bonds is 6. The molecule has 1 aliphatic rings. The van der Waals surface area contributed by atoms with E-state index in [2.05, 4.69) is 79.3 Å². The van der Waals surface area contributed by atoms with Crippen LogP contribution in [0.3, 0.4) is 0 Å². The number of hydrogen-bond acceptors (Lipinski definition) is 3. The van der Waals surface area contributed by atoms with Gasteiger partial charge >= 0.3 is 0 Å². The van der Waals surface area contributed by atoms with Gasteiger partial charge in [-0.2, -0.15) is 0 Å². The molecule has 4 heteroatoms. The van der Waals surface area contributed by atoms with Crippen molar-refractivity contribution in [2.24, 2.45) is 0 Å². The van der Waals surface area contributed by atoms with Crippen molar-refractivity contribution in [1.82, 2.24) is 15.1 Å². The van der Waals surface area contributed by atoms with E-state index in [1.165, 1.54) is 5.56 Å². The van der Waals surface area contributed by atoms with E-state index in [-0.39, 0.29) is 17.4 Å².